The molecule has 0 saturated carbocycles. The van der Waals surface area contributed by atoms with Gasteiger partial charge in [0.05, 0.1) is 5.69 Å². The summed E-state index contributed by atoms with van der Waals surface area (Å²) in [7, 11) is 0. The van der Waals surface area contributed by atoms with Crippen LogP contribution in [0.2, 0.25) is 0 Å². The molecule has 2 N–H and O–H groups in total. The Morgan fingerprint density at radius 3 is 3.00 bits per heavy atom. The van der Waals surface area contributed by atoms with E-state index < -0.39 is 5.97 Å². The molecule has 1 aromatic heterocycles. The summed E-state index contributed by atoms with van der Waals surface area (Å²) < 4.78 is 5.38. The number of rotatable bonds is 5. The van der Waals surface area contributed by atoms with Crippen molar-refractivity contribution in [2.45, 2.75) is 13.3 Å². The maximum absolute atomic E-state index is 10.5. The Bertz CT molecular complexity index is 518. The van der Waals surface area contributed by atoms with Crippen molar-refractivity contribution < 1.29 is 14.3 Å². The Labute approximate surface area is 99.2 Å². The van der Waals surface area contributed by atoms with E-state index in [9.17, 15) is 4.79 Å². The minimum absolute atomic E-state index is 0.0844. The molecular weight excluding hydrogens is 218 g/mol. The van der Waals surface area contributed by atoms with Gasteiger partial charge in [0, 0.05) is 18.4 Å². The number of carbonyl (C=O) groups is 1. The number of carboxylic acids is 1. The fourth-order valence-electron chi connectivity index (χ4n) is 1.77. The quantitative estimate of drug-likeness (QED) is 0.833. The number of furan rings is 1. The molecule has 1 atom stereocenters. The van der Waals surface area contributed by atoms with E-state index in [-0.39, 0.29) is 12.3 Å². The van der Waals surface area contributed by atoms with Crippen LogP contribution in [0, 0.1) is 5.92 Å². The fourth-order valence-corrected chi connectivity index (χ4v) is 1.77. The largest absolute Gasteiger partial charge is 0.481 e. The Balaban J connectivity index is 2.02. The summed E-state index contributed by atoms with van der Waals surface area (Å²) in [4.78, 5) is 10.5. The minimum atomic E-state index is -0.767. The number of aliphatic carboxylic acids is 1. The molecule has 0 amide bonds. The number of hydrogen-bond acceptors (Lipinski definition) is 3. The van der Waals surface area contributed by atoms with Gasteiger partial charge in [0.2, 0.25) is 0 Å². The van der Waals surface area contributed by atoms with Crippen LogP contribution in [-0.2, 0) is 4.79 Å². The summed E-state index contributed by atoms with van der Waals surface area (Å²) >= 11 is 0. The van der Waals surface area contributed by atoms with Gasteiger partial charge in [-0.2, -0.15) is 0 Å². The van der Waals surface area contributed by atoms with E-state index in [2.05, 4.69) is 5.32 Å². The van der Waals surface area contributed by atoms with Gasteiger partial charge in [0.25, 0.3) is 0 Å². The highest BCUT2D eigenvalue weighted by molar-refractivity contribution is 5.90. The van der Waals surface area contributed by atoms with E-state index in [1.807, 2.05) is 31.2 Å². The normalized spacial score (nSPS) is 12.5. The van der Waals surface area contributed by atoms with Gasteiger partial charge in [-0.1, -0.05) is 19.1 Å². The lowest BCUT2D eigenvalue weighted by molar-refractivity contribution is -0.137. The molecule has 1 unspecified atom stereocenters. The maximum Gasteiger partial charge on any atom is 0.303 e. The third-order valence-electron chi connectivity index (χ3n) is 2.65. The van der Waals surface area contributed by atoms with E-state index in [0.717, 1.165) is 16.7 Å². The van der Waals surface area contributed by atoms with E-state index >= 15 is 0 Å². The predicted molar refractivity (Wildman–Crippen MR) is 66.1 cm³/mol. The van der Waals surface area contributed by atoms with Crippen molar-refractivity contribution in [3.63, 3.8) is 0 Å². The number of carboxylic acid groups (broad SMARTS) is 1. The lowest BCUT2D eigenvalue weighted by Crippen LogP contribution is -2.14. The molecule has 2 rings (SSSR count). The van der Waals surface area contributed by atoms with Gasteiger partial charge in [0.1, 0.15) is 11.8 Å². The number of nitrogens with one attached hydrogen (secondary N) is 1. The molecule has 0 bridgehead atoms. The molecule has 0 radical (unpaired) electrons. The van der Waals surface area contributed by atoms with Crippen molar-refractivity contribution in [3.8, 4) is 0 Å². The lowest BCUT2D eigenvalue weighted by Gasteiger charge is -2.09. The molecule has 0 aliphatic rings. The Morgan fingerprint density at radius 2 is 2.24 bits per heavy atom. The highest BCUT2D eigenvalue weighted by Gasteiger charge is 2.09. The van der Waals surface area contributed by atoms with Crippen molar-refractivity contribution in [2.24, 2.45) is 5.92 Å². The SMILES string of the molecule is CC(CNc1coc2ccccc12)CC(=O)O. The first-order valence-electron chi connectivity index (χ1n) is 5.58. The van der Waals surface area contributed by atoms with Crippen LogP contribution < -0.4 is 5.32 Å². The van der Waals surface area contributed by atoms with Crippen molar-refractivity contribution in [2.75, 3.05) is 11.9 Å². The molecule has 0 aliphatic heterocycles. The average molecular weight is 233 g/mol. The van der Waals surface area contributed by atoms with Crippen LogP contribution >= 0.6 is 0 Å². The van der Waals surface area contributed by atoms with Crippen molar-refractivity contribution in [1.82, 2.24) is 0 Å². The predicted octanol–water partition coefficient (Wildman–Crippen LogP) is 2.96. The molecule has 4 heteroatoms. The Kier molecular flexibility index (Phi) is 3.32. The van der Waals surface area contributed by atoms with Gasteiger partial charge in [-0.15, -0.1) is 0 Å². The number of hydrogen-bond donors (Lipinski definition) is 2. The second-order valence-electron chi connectivity index (χ2n) is 4.23. The highest BCUT2D eigenvalue weighted by atomic mass is 16.4. The van der Waals surface area contributed by atoms with Gasteiger partial charge in [0.15, 0.2) is 0 Å². The smallest absolute Gasteiger partial charge is 0.303 e. The summed E-state index contributed by atoms with van der Waals surface area (Å²) in [5, 5.41) is 12.9. The molecule has 0 spiro atoms. The van der Waals surface area contributed by atoms with Crippen LogP contribution in [0.4, 0.5) is 5.69 Å². The molecule has 17 heavy (non-hydrogen) atoms. The monoisotopic (exact) mass is 233 g/mol. The topological polar surface area (TPSA) is 62.5 Å². The van der Waals surface area contributed by atoms with Crippen molar-refractivity contribution in [3.05, 3.63) is 30.5 Å². The Hall–Kier alpha value is -1.97. The van der Waals surface area contributed by atoms with Crippen LogP contribution in [0.15, 0.2) is 34.9 Å². The van der Waals surface area contributed by atoms with Gasteiger partial charge in [-0.25, -0.2) is 0 Å². The number of fused-ring (bicyclic) bond motifs is 1. The zero-order valence-electron chi connectivity index (χ0n) is 9.64. The average Bonchev–Trinajstić information content (AvgIpc) is 2.69. The fraction of sp³-hybridized carbons (Fsp3) is 0.308. The summed E-state index contributed by atoms with van der Waals surface area (Å²) in [6.45, 7) is 2.53. The molecule has 2 aromatic rings. The van der Waals surface area contributed by atoms with Crippen LogP contribution in [0.3, 0.4) is 0 Å². The molecule has 0 fully saturated rings. The first-order chi connectivity index (χ1) is 8.16. The zero-order chi connectivity index (χ0) is 12.3. The second-order valence-corrected chi connectivity index (χ2v) is 4.23. The standard InChI is InChI=1S/C13H15NO3/c1-9(6-13(15)16)7-14-11-8-17-12-5-3-2-4-10(11)12/h2-5,8-9,14H,6-7H2,1H3,(H,15,16). The highest BCUT2D eigenvalue weighted by Crippen LogP contribution is 2.25. The summed E-state index contributed by atoms with van der Waals surface area (Å²) in [5.74, 6) is -0.683. The molecule has 1 aromatic carbocycles. The van der Waals surface area contributed by atoms with Gasteiger partial charge in [-0.05, 0) is 18.1 Å². The van der Waals surface area contributed by atoms with Crippen molar-refractivity contribution in [1.29, 1.82) is 0 Å². The molecule has 0 saturated heterocycles. The van der Waals surface area contributed by atoms with E-state index in [0.29, 0.717) is 6.54 Å². The second kappa shape index (κ2) is 4.91. The molecule has 1 heterocycles. The number of para-hydroxylation sites is 1. The first-order valence-corrected chi connectivity index (χ1v) is 5.58. The van der Waals surface area contributed by atoms with Crippen LogP contribution in [0.1, 0.15) is 13.3 Å². The summed E-state index contributed by atoms with van der Waals surface area (Å²) in [6, 6.07) is 7.75. The van der Waals surface area contributed by atoms with Crippen LogP contribution in [0.5, 0.6) is 0 Å². The Morgan fingerprint density at radius 1 is 1.47 bits per heavy atom. The van der Waals surface area contributed by atoms with E-state index in [4.69, 9.17) is 9.52 Å². The first kappa shape index (κ1) is 11.5. The van der Waals surface area contributed by atoms with Crippen LogP contribution in [-0.4, -0.2) is 17.6 Å². The maximum atomic E-state index is 10.5. The van der Waals surface area contributed by atoms with E-state index in [1.165, 1.54) is 0 Å². The molecule has 4 nitrogen and oxygen atoms in total. The van der Waals surface area contributed by atoms with Crippen LogP contribution in [0.25, 0.3) is 11.0 Å². The third-order valence-corrected chi connectivity index (χ3v) is 2.65. The summed E-state index contributed by atoms with van der Waals surface area (Å²) in [5.41, 5.74) is 1.75. The molecule has 90 valence electrons. The van der Waals surface area contributed by atoms with Crippen molar-refractivity contribution >= 4 is 22.6 Å². The molecular formula is C13H15NO3. The van der Waals surface area contributed by atoms with Gasteiger partial charge < -0.3 is 14.8 Å². The lowest BCUT2D eigenvalue weighted by atomic mass is 10.1. The zero-order valence-corrected chi connectivity index (χ0v) is 9.64. The minimum Gasteiger partial charge on any atom is -0.481 e. The number of anilines is 1. The van der Waals surface area contributed by atoms with Gasteiger partial charge in [-0.3, -0.25) is 4.79 Å². The van der Waals surface area contributed by atoms with E-state index in [1.54, 1.807) is 6.26 Å². The molecule has 0 aliphatic carbocycles. The third kappa shape index (κ3) is 2.78. The van der Waals surface area contributed by atoms with Gasteiger partial charge >= 0.3 is 5.97 Å². The number of benzene rings is 1. The summed E-state index contributed by atoms with van der Waals surface area (Å²) in [6.07, 6.45) is 1.83.